The molecule has 0 aromatic heterocycles. The topological polar surface area (TPSA) is 87.5 Å². The standard InChI is InChI=1S/C18H23N4O4/c1-3-17-20(25)15-5-4-14-12-16(15)22(17,26)21(14)18(13(2)24)6-8-19(9-7-18)10-11-23/h4-9,12,17,23,25-26H,3,10-11H2,1-2H3/q+1. The van der Waals surface area contributed by atoms with Crippen molar-refractivity contribution in [1.29, 1.82) is 0 Å². The summed E-state index contributed by atoms with van der Waals surface area (Å²) in [7, 11) is 0. The summed E-state index contributed by atoms with van der Waals surface area (Å²) >= 11 is 0. The van der Waals surface area contributed by atoms with Crippen LogP contribution in [0.4, 0.5) is 17.1 Å². The number of carbonyl (C=O) groups excluding carboxylic acids is 1. The van der Waals surface area contributed by atoms with Gasteiger partial charge in [-0.3, -0.25) is 10.0 Å². The molecule has 0 amide bonds. The first-order valence-corrected chi connectivity index (χ1v) is 8.71. The van der Waals surface area contributed by atoms with Crippen LogP contribution in [0.15, 0.2) is 42.8 Å². The number of quaternary nitrogens is 1. The number of hydrogen-bond acceptors (Lipinski definition) is 7. The van der Waals surface area contributed by atoms with Gasteiger partial charge in [0.25, 0.3) is 0 Å². The molecule has 138 valence electrons. The van der Waals surface area contributed by atoms with Crippen LogP contribution in [0.25, 0.3) is 0 Å². The Morgan fingerprint density at radius 3 is 2.58 bits per heavy atom. The zero-order chi connectivity index (χ0) is 18.7. The number of rotatable bonds is 5. The van der Waals surface area contributed by atoms with Crippen molar-refractivity contribution in [3.63, 3.8) is 0 Å². The zero-order valence-electron chi connectivity index (χ0n) is 14.8. The number of fused-ring (bicyclic) bond motifs is 1. The summed E-state index contributed by atoms with van der Waals surface area (Å²) in [5.74, 6) is -0.157. The van der Waals surface area contributed by atoms with Gasteiger partial charge in [-0.05, 0) is 36.0 Å². The van der Waals surface area contributed by atoms with Crippen LogP contribution in [0.1, 0.15) is 20.3 Å². The van der Waals surface area contributed by atoms with Gasteiger partial charge in [-0.2, -0.15) is 15.3 Å². The largest absolute Gasteiger partial charge is 0.395 e. The SMILES string of the molecule is CCC1N(O)c2ccc3cc2[N+]1(O)N3C1(C(C)=O)C=CN(CCO)C=C1. The van der Waals surface area contributed by atoms with Crippen LogP contribution >= 0.6 is 0 Å². The Labute approximate surface area is 151 Å². The van der Waals surface area contributed by atoms with Gasteiger partial charge in [0.2, 0.25) is 11.9 Å². The predicted molar refractivity (Wildman–Crippen MR) is 96.3 cm³/mol. The van der Waals surface area contributed by atoms with Crippen molar-refractivity contribution in [2.24, 2.45) is 0 Å². The number of anilines is 2. The maximum Gasteiger partial charge on any atom is 0.246 e. The second kappa shape index (κ2) is 5.55. The average Bonchev–Trinajstić information content (AvgIpc) is 2.97. The lowest BCUT2D eigenvalue weighted by atomic mass is 9.91. The number of aliphatic hydroxyl groups is 1. The van der Waals surface area contributed by atoms with Crippen molar-refractivity contribution in [3.05, 3.63) is 42.8 Å². The molecule has 0 saturated carbocycles. The van der Waals surface area contributed by atoms with E-state index in [0.717, 1.165) is 5.06 Å². The first kappa shape index (κ1) is 17.0. The number of carbonyl (C=O) groups is 1. The number of ketones is 1. The Morgan fingerprint density at radius 1 is 1.31 bits per heavy atom. The highest BCUT2D eigenvalue weighted by Crippen LogP contribution is 2.55. The van der Waals surface area contributed by atoms with E-state index in [2.05, 4.69) is 0 Å². The lowest BCUT2D eigenvalue weighted by Crippen LogP contribution is -2.72. The lowest BCUT2D eigenvalue weighted by molar-refractivity contribution is -0.145. The molecule has 0 spiro atoms. The molecule has 2 atom stereocenters. The molecule has 1 aromatic carbocycles. The molecule has 0 saturated heterocycles. The van der Waals surface area contributed by atoms with Crippen molar-refractivity contribution < 1.29 is 20.3 Å². The summed E-state index contributed by atoms with van der Waals surface area (Å²) in [6.45, 7) is 3.77. The van der Waals surface area contributed by atoms with Crippen LogP contribution in [0.5, 0.6) is 0 Å². The summed E-state index contributed by atoms with van der Waals surface area (Å²) < 4.78 is -0.668. The van der Waals surface area contributed by atoms with Gasteiger partial charge < -0.3 is 10.0 Å². The first-order chi connectivity index (χ1) is 12.4. The van der Waals surface area contributed by atoms with Crippen LogP contribution in [-0.4, -0.2) is 51.1 Å². The summed E-state index contributed by atoms with van der Waals surface area (Å²) in [5, 5.41) is 34.1. The van der Waals surface area contributed by atoms with Crippen LogP contribution in [0, 0.1) is 0 Å². The molecule has 3 aliphatic heterocycles. The Bertz CT molecular complexity index is 809. The van der Waals surface area contributed by atoms with Crippen molar-refractivity contribution in [1.82, 2.24) is 9.66 Å². The number of aliphatic hydroxyl groups excluding tert-OH is 1. The Balaban J connectivity index is 1.86. The number of benzene rings is 1. The fraction of sp³-hybridized carbons (Fsp3) is 0.389. The molecule has 0 aliphatic carbocycles. The highest BCUT2D eigenvalue weighted by atomic mass is 16.6. The molecule has 2 unspecified atom stereocenters. The van der Waals surface area contributed by atoms with E-state index in [1.807, 2.05) is 6.92 Å². The molecular weight excluding hydrogens is 336 g/mol. The van der Waals surface area contributed by atoms with Crippen molar-refractivity contribution >= 4 is 22.8 Å². The highest BCUT2D eigenvalue weighted by Gasteiger charge is 2.65. The molecule has 3 N–H and O–H groups in total. The Kier molecular flexibility index (Phi) is 3.64. The molecule has 2 bridgehead atoms. The molecular formula is C18H23N4O4+. The zero-order valence-corrected chi connectivity index (χ0v) is 14.8. The van der Waals surface area contributed by atoms with E-state index in [-0.39, 0.29) is 12.4 Å². The van der Waals surface area contributed by atoms with Crippen molar-refractivity contribution in [2.45, 2.75) is 32.0 Å². The average molecular weight is 359 g/mol. The van der Waals surface area contributed by atoms with E-state index in [1.165, 1.54) is 6.92 Å². The molecule has 3 aliphatic rings. The Morgan fingerprint density at radius 2 is 2.00 bits per heavy atom. The van der Waals surface area contributed by atoms with Crippen LogP contribution in [0.3, 0.4) is 0 Å². The van der Waals surface area contributed by atoms with Crippen LogP contribution in [-0.2, 0) is 4.79 Å². The fourth-order valence-corrected chi connectivity index (χ4v) is 4.20. The van der Waals surface area contributed by atoms with Crippen molar-refractivity contribution in [3.8, 4) is 0 Å². The van der Waals surface area contributed by atoms with Crippen molar-refractivity contribution in [2.75, 3.05) is 23.2 Å². The third-order valence-electron chi connectivity index (χ3n) is 5.49. The maximum absolute atomic E-state index is 12.8. The monoisotopic (exact) mass is 359 g/mol. The molecule has 8 nitrogen and oxygen atoms in total. The minimum atomic E-state index is -1.20. The van der Waals surface area contributed by atoms with E-state index < -0.39 is 16.5 Å². The number of β-amino-alcohol motifs (C(OH)–C–C–N with tert-alkyl or cyclic N) is 1. The molecule has 1 aromatic rings. The molecule has 26 heavy (non-hydrogen) atoms. The van der Waals surface area contributed by atoms with Gasteiger partial charge in [-0.1, -0.05) is 6.92 Å². The minimum Gasteiger partial charge on any atom is -0.395 e. The third-order valence-corrected chi connectivity index (χ3v) is 5.49. The second-order valence-electron chi connectivity index (χ2n) is 6.84. The molecule has 0 fully saturated rings. The number of nitrogens with zero attached hydrogens (tertiary/aromatic N) is 4. The van der Waals surface area contributed by atoms with E-state index in [1.54, 1.807) is 52.7 Å². The molecule has 3 heterocycles. The summed E-state index contributed by atoms with van der Waals surface area (Å²) in [4.78, 5) is 14.6. The summed E-state index contributed by atoms with van der Waals surface area (Å²) in [6.07, 6.45) is 6.75. The van der Waals surface area contributed by atoms with Gasteiger partial charge in [-0.25, -0.2) is 0 Å². The Hall–Kier alpha value is -2.39. The van der Waals surface area contributed by atoms with E-state index >= 15 is 0 Å². The highest BCUT2D eigenvalue weighted by molar-refractivity contribution is 5.98. The van der Waals surface area contributed by atoms with E-state index in [4.69, 9.17) is 5.11 Å². The normalized spacial score (nSPS) is 27.6. The smallest absolute Gasteiger partial charge is 0.246 e. The van der Waals surface area contributed by atoms with Gasteiger partial charge in [0.05, 0.1) is 6.61 Å². The van der Waals surface area contributed by atoms with Gasteiger partial charge in [0, 0.05) is 31.4 Å². The van der Waals surface area contributed by atoms with Gasteiger partial charge in [-0.15, -0.1) is 0 Å². The predicted octanol–water partition coefficient (Wildman–Crippen LogP) is 1.73. The van der Waals surface area contributed by atoms with Gasteiger partial charge >= 0.3 is 0 Å². The molecule has 0 radical (unpaired) electrons. The first-order valence-electron chi connectivity index (χ1n) is 8.71. The molecule has 4 rings (SSSR count). The second-order valence-corrected chi connectivity index (χ2v) is 6.84. The van der Waals surface area contributed by atoms with E-state index in [9.17, 15) is 15.2 Å². The number of Topliss-reactive ketones (excluding diaryl/α,β-unsaturated/α-hetero) is 1. The number of hydroxylamine groups is 2. The quantitative estimate of drug-likeness (QED) is 0.690. The third kappa shape index (κ3) is 1.89. The molecule has 8 heteroatoms. The van der Waals surface area contributed by atoms with Gasteiger partial charge in [0.1, 0.15) is 11.4 Å². The summed E-state index contributed by atoms with van der Waals surface area (Å²) in [5.41, 5.74) is 0.595. The van der Waals surface area contributed by atoms with Crippen LogP contribution < -0.4 is 14.8 Å². The minimum absolute atomic E-state index is 0.00696. The lowest BCUT2D eigenvalue weighted by Gasteiger charge is -2.46. The fourth-order valence-electron chi connectivity index (χ4n) is 4.20. The number of hydrogen-bond donors (Lipinski definition) is 3. The summed E-state index contributed by atoms with van der Waals surface area (Å²) in [6, 6.07) is 5.35. The van der Waals surface area contributed by atoms with Gasteiger partial charge in [0.15, 0.2) is 11.3 Å². The van der Waals surface area contributed by atoms with Crippen LogP contribution in [0.2, 0.25) is 0 Å². The maximum atomic E-state index is 12.8. The van der Waals surface area contributed by atoms with E-state index in [0.29, 0.717) is 30.0 Å².